The van der Waals surface area contributed by atoms with Gasteiger partial charge >= 0.3 is 0 Å². The lowest BCUT2D eigenvalue weighted by molar-refractivity contribution is -0.118. The number of Topliss-reactive ketones (excluding diaryl/α,β-unsaturated/α-hetero) is 1. The van der Waals surface area contributed by atoms with E-state index in [1.807, 2.05) is 19.2 Å². The molecule has 0 saturated heterocycles. The van der Waals surface area contributed by atoms with E-state index in [1.165, 1.54) is 12.0 Å². The molecule has 0 spiro atoms. The number of ether oxygens (including phenoxy) is 2. The van der Waals surface area contributed by atoms with Gasteiger partial charge in [-0.05, 0) is 42.0 Å². The fourth-order valence-corrected chi connectivity index (χ4v) is 5.21. The van der Waals surface area contributed by atoms with E-state index in [1.54, 1.807) is 6.08 Å². The predicted octanol–water partition coefficient (Wildman–Crippen LogP) is 3.62. The van der Waals surface area contributed by atoms with Crippen LogP contribution in [0.2, 0.25) is 0 Å². The minimum Gasteiger partial charge on any atom is -0.454 e. The Morgan fingerprint density at radius 2 is 2.00 bits per heavy atom. The lowest BCUT2D eigenvalue weighted by atomic mass is 9.76. The van der Waals surface area contributed by atoms with Gasteiger partial charge in [0.1, 0.15) is 6.29 Å². The highest BCUT2D eigenvalue weighted by atomic mass is 16.7. The normalized spacial score (nSPS) is 23.3. The second-order valence-corrected chi connectivity index (χ2v) is 8.84. The molecule has 1 fully saturated rings. The van der Waals surface area contributed by atoms with E-state index >= 15 is 0 Å². The maximum Gasteiger partial charge on any atom is 0.231 e. The molecule has 2 aromatic rings. The van der Waals surface area contributed by atoms with Gasteiger partial charge in [0.15, 0.2) is 23.3 Å². The smallest absolute Gasteiger partial charge is 0.231 e. The number of benzene rings is 1. The first-order valence-electron chi connectivity index (χ1n) is 10.8. The number of ketones is 1. The van der Waals surface area contributed by atoms with Gasteiger partial charge in [0, 0.05) is 42.6 Å². The van der Waals surface area contributed by atoms with Crippen LogP contribution in [0.3, 0.4) is 0 Å². The summed E-state index contributed by atoms with van der Waals surface area (Å²) < 4.78 is 11.2. The average Bonchev–Trinajstić information content (AvgIpc) is 3.41. The van der Waals surface area contributed by atoms with Crippen molar-refractivity contribution in [2.24, 2.45) is 5.18 Å². The molecule has 8 heteroatoms. The van der Waals surface area contributed by atoms with Crippen molar-refractivity contribution in [3.63, 3.8) is 0 Å². The molecule has 3 heterocycles. The summed E-state index contributed by atoms with van der Waals surface area (Å²) in [7, 11) is 1.95. The monoisotopic (exact) mass is 431 g/mol. The van der Waals surface area contributed by atoms with E-state index in [9.17, 15) is 14.5 Å². The van der Waals surface area contributed by atoms with E-state index in [-0.39, 0.29) is 19.0 Å². The number of nitroso groups, excluding NO2 is 1. The summed E-state index contributed by atoms with van der Waals surface area (Å²) in [6.07, 6.45) is 5.82. The second kappa shape index (κ2) is 6.98. The molecule has 1 unspecified atom stereocenters. The van der Waals surface area contributed by atoms with Crippen LogP contribution in [-0.4, -0.2) is 41.8 Å². The van der Waals surface area contributed by atoms with Gasteiger partial charge in [-0.1, -0.05) is 11.6 Å². The first kappa shape index (κ1) is 19.2. The lowest BCUT2D eigenvalue weighted by Crippen LogP contribution is -2.14. The molecule has 0 amide bonds. The molecule has 1 saturated carbocycles. The van der Waals surface area contributed by atoms with Crippen molar-refractivity contribution >= 4 is 28.7 Å². The van der Waals surface area contributed by atoms with E-state index in [2.05, 4.69) is 10.1 Å². The molecule has 4 aliphatic rings. The van der Waals surface area contributed by atoms with Gasteiger partial charge in [-0.25, -0.2) is 4.98 Å². The molecular formula is C24H21N3O5. The largest absolute Gasteiger partial charge is 0.454 e. The number of allylic oxidation sites excluding steroid dienone is 1. The van der Waals surface area contributed by atoms with Crippen LogP contribution in [0, 0.1) is 4.91 Å². The van der Waals surface area contributed by atoms with Crippen molar-refractivity contribution in [1.82, 2.24) is 9.88 Å². The number of hydrogen-bond donors (Lipinski definition) is 0. The molecule has 0 bridgehead atoms. The van der Waals surface area contributed by atoms with Gasteiger partial charge in [-0.3, -0.25) is 9.59 Å². The lowest BCUT2D eigenvalue weighted by Gasteiger charge is -2.29. The Morgan fingerprint density at radius 1 is 1.22 bits per heavy atom. The number of pyridine rings is 1. The Hall–Kier alpha value is -3.55. The fourth-order valence-electron chi connectivity index (χ4n) is 5.21. The topological polar surface area (TPSA) is 98.2 Å². The van der Waals surface area contributed by atoms with Crippen LogP contribution < -0.4 is 9.47 Å². The van der Waals surface area contributed by atoms with Gasteiger partial charge in [0.2, 0.25) is 6.79 Å². The van der Waals surface area contributed by atoms with E-state index in [0.29, 0.717) is 35.6 Å². The van der Waals surface area contributed by atoms with E-state index < -0.39 is 6.04 Å². The number of nitrogens with zero attached hydrogens (tertiary/aromatic N) is 3. The molecule has 0 radical (unpaired) electrons. The number of aldehydes is 1. The van der Waals surface area contributed by atoms with Crippen LogP contribution in [-0.2, 0) is 16.1 Å². The van der Waals surface area contributed by atoms with Crippen LogP contribution in [0.15, 0.2) is 34.5 Å². The zero-order valence-electron chi connectivity index (χ0n) is 17.6. The van der Waals surface area contributed by atoms with Gasteiger partial charge in [-0.15, -0.1) is 4.91 Å². The van der Waals surface area contributed by atoms with E-state index in [4.69, 9.17) is 14.5 Å². The highest BCUT2D eigenvalue weighted by Crippen LogP contribution is 2.48. The highest BCUT2D eigenvalue weighted by molar-refractivity contribution is 6.02. The predicted molar refractivity (Wildman–Crippen MR) is 116 cm³/mol. The maximum absolute atomic E-state index is 12.2. The Labute approximate surface area is 183 Å². The Morgan fingerprint density at radius 3 is 2.69 bits per heavy atom. The van der Waals surface area contributed by atoms with Gasteiger partial charge in [0.25, 0.3) is 0 Å². The summed E-state index contributed by atoms with van der Waals surface area (Å²) in [4.78, 5) is 42.1. The molecule has 162 valence electrons. The minimum atomic E-state index is -1.14. The van der Waals surface area contributed by atoms with Gasteiger partial charge in [-0.2, -0.15) is 0 Å². The number of hydrogen-bond acceptors (Lipinski definition) is 8. The molecule has 8 nitrogen and oxygen atoms in total. The summed E-state index contributed by atoms with van der Waals surface area (Å²) in [5.41, 5.74) is 5.59. The molecule has 1 aromatic heterocycles. The zero-order valence-corrected chi connectivity index (χ0v) is 17.6. The van der Waals surface area contributed by atoms with Crippen molar-refractivity contribution in [2.45, 2.75) is 44.2 Å². The molecule has 6 rings (SSSR count). The standard InChI is InChI=1S/C24H21N3O5/c1-27-9-16-22(12-3-2-4-12)15-7-20-21(32-11-31-20)8-17(15)25-23(16)18(27)6-14-13(10-28)5-19(29)24(14)26-30/h6-8,10,12,24H,2-5,9,11H2,1H3/b18-6-. The summed E-state index contributed by atoms with van der Waals surface area (Å²) >= 11 is 0. The Balaban J connectivity index is 1.58. The molecular weight excluding hydrogens is 410 g/mol. The Bertz CT molecular complexity index is 1270. The zero-order chi connectivity index (χ0) is 22.0. The number of fused-ring (bicyclic) bond motifs is 3. The first-order valence-corrected chi connectivity index (χ1v) is 10.8. The quantitative estimate of drug-likeness (QED) is 0.539. The summed E-state index contributed by atoms with van der Waals surface area (Å²) in [6.45, 7) is 0.871. The van der Waals surface area contributed by atoms with Crippen molar-refractivity contribution in [3.8, 4) is 11.5 Å². The van der Waals surface area contributed by atoms with Crippen LogP contribution in [0.5, 0.6) is 11.5 Å². The van der Waals surface area contributed by atoms with Crippen LogP contribution >= 0.6 is 0 Å². The molecule has 32 heavy (non-hydrogen) atoms. The molecule has 1 atom stereocenters. The maximum atomic E-state index is 12.2. The van der Waals surface area contributed by atoms with E-state index in [0.717, 1.165) is 46.4 Å². The third-order valence-electron chi connectivity index (χ3n) is 7.06. The van der Waals surface area contributed by atoms with Crippen molar-refractivity contribution < 1.29 is 19.1 Å². The average molecular weight is 431 g/mol. The molecule has 1 aromatic carbocycles. The van der Waals surface area contributed by atoms with Crippen LogP contribution in [0.1, 0.15) is 48.4 Å². The third-order valence-corrected chi connectivity index (χ3v) is 7.06. The number of carbonyl (C=O) groups is 2. The fraction of sp³-hybridized carbons (Fsp3) is 0.375. The highest BCUT2D eigenvalue weighted by Gasteiger charge is 2.37. The van der Waals surface area contributed by atoms with Crippen molar-refractivity contribution in [3.05, 3.63) is 51.1 Å². The van der Waals surface area contributed by atoms with Crippen LogP contribution in [0.25, 0.3) is 16.6 Å². The number of rotatable bonds is 4. The molecule has 2 aliphatic heterocycles. The summed E-state index contributed by atoms with van der Waals surface area (Å²) in [5, 5.41) is 4.09. The first-order chi connectivity index (χ1) is 15.6. The summed E-state index contributed by atoms with van der Waals surface area (Å²) in [6, 6.07) is 2.82. The second-order valence-electron chi connectivity index (χ2n) is 8.84. The number of aromatic nitrogens is 1. The minimum absolute atomic E-state index is 0.0580. The summed E-state index contributed by atoms with van der Waals surface area (Å²) in [5.74, 6) is 1.54. The van der Waals surface area contributed by atoms with Crippen LogP contribution in [0.4, 0.5) is 0 Å². The Kier molecular flexibility index (Phi) is 4.18. The third kappa shape index (κ3) is 2.65. The van der Waals surface area contributed by atoms with Crippen molar-refractivity contribution in [2.75, 3.05) is 13.8 Å². The van der Waals surface area contributed by atoms with Gasteiger partial charge in [0.05, 0.1) is 16.9 Å². The molecule has 0 N–H and O–H groups in total. The molecule has 2 aliphatic carbocycles. The SMILES string of the molecule is CN1Cc2c(nc3cc4c(cc3c2C2CCC2)OCO4)/C1=C/C1=C(C=O)CC(=O)C1N=O. The van der Waals surface area contributed by atoms with Gasteiger partial charge < -0.3 is 14.4 Å². The number of carbonyl (C=O) groups excluding carboxylic acids is 2. The van der Waals surface area contributed by atoms with Crippen molar-refractivity contribution in [1.29, 1.82) is 0 Å².